The largest absolute Gasteiger partial charge is 0.481 e. The van der Waals surface area contributed by atoms with Crippen LogP contribution in [0.25, 0.3) is 0 Å². The minimum Gasteiger partial charge on any atom is -0.481 e. The van der Waals surface area contributed by atoms with Crippen LogP contribution in [0.4, 0.5) is 0 Å². The number of carboxylic acids is 1. The van der Waals surface area contributed by atoms with Crippen LogP contribution in [0.2, 0.25) is 0 Å². The molecule has 2 N–H and O–H groups in total. The van der Waals surface area contributed by atoms with E-state index in [-0.39, 0.29) is 29.7 Å². The van der Waals surface area contributed by atoms with Crippen molar-refractivity contribution in [1.29, 1.82) is 0 Å². The molecule has 0 spiro atoms. The molecule has 1 rings (SSSR count). The smallest absolute Gasteiger partial charge is 0.310 e. The Hall–Kier alpha value is -1.06. The van der Waals surface area contributed by atoms with E-state index in [0.29, 0.717) is 0 Å². The van der Waals surface area contributed by atoms with E-state index in [4.69, 9.17) is 0 Å². The van der Waals surface area contributed by atoms with Gasteiger partial charge in [0.15, 0.2) is 0 Å². The number of amides is 1. The molecular weight excluding hydrogens is 254 g/mol. The van der Waals surface area contributed by atoms with E-state index in [9.17, 15) is 14.7 Å². The lowest BCUT2D eigenvalue weighted by molar-refractivity contribution is -0.153. The molecule has 1 amide bonds. The Balaban J connectivity index is 2.69. The number of hydrogen-bond acceptors (Lipinski definition) is 2. The Morgan fingerprint density at radius 3 is 2.40 bits per heavy atom. The number of carbonyl (C=O) groups excluding carboxylic acids is 1. The normalized spacial score (nSPS) is 25.0. The van der Waals surface area contributed by atoms with Gasteiger partial charge in [-0.25, -0.2) is 0 Å². The number of aliphatic carboxylic acids is 1. The predicted octanol–water partition coefficient (Wildman–Crippen LogP) is 3.21. The summed E-state index contributed by atoms with van der Waals surface area (Å²) in [7, 11) is 0. The standard InChI is InChI=1S/C16H29NO3/c1-11(2)16(5,14(19)20)10-13(18)17-12-8-6-7-9-15(12,3)4/h11-12H,6-10H2,1-5H3,(H,17,18)(H,19,20). The molecule has 0 saturated heterocycles. The monoisotopic (exact) mass is 283 g/mol. The molecule has 2 atom stereocenters. The van der Waals surface area contributed by atoms with E-state index in [1.165, 1.54) is 6.42 Å². The molecular formula is C16H29NO3. The van der Waals surface area contributed by atoms with Gasteiger partial charge in [0.25, 0.3) is 0 Å². The van der Waals surface area contributed by atoms with Crippen molar-refractivity contribution in [3.63, 3.8) is 0 Å². The van der Waals surface area contributed by atoms with Gasteiger partial charge in [0.05, 0.1) is 5.41 Å². The SMILES string of the molecule is CC(C)C(C)(CC(=O)NC1CCCCC1(C)C)C(=O)O. The van der Waals surface area contributed by atoms with E-state index in [1.807, 2.05) is 13.8 Å². The molecule has 0 aromatic carbocycles. The van der Waals surface area contributed by atoms with Crippen LogP contribution in [-0.4, -0.2) is 23.0 Å². The Morgan fingerprint density at radius 2 is 1.95 bits per heavy atom. The third-order valence-corrected chi connectivity index (χ3v) is 5.13. The second-order valence-electron chi connectivity index (χ2n) is 7.41. The first kappa shape index (κ1) is 17.0. The number of rotatable bonds is 5. The highest BCUT2D eigenvalue weighted by Gasteiger charge is 2.40. The molecule has 4 nitrogen and oxygen atoms in total. The summed E-state index contributed by atoms with van der Waals surface area (Å²) in [5.41, 5.74) is -0.895. The fourth-order valence-electron chi connectivity index (χ4n) is 2.87. The van der Waals surface area contributed by atoms with Gasteiger partial charge in [0.2, 0.25) is 5.91 Å². The van der Waals surface area contributed by atoms with Crippen LogP contribution in [0.3, 0.4) is 0 Å². The third-order valence-electron chi connectivity index (χ3n) is 5.13. The molecule has 0 heterocycles. The van der Waals surface area contributed by atoms with Gasteiger partial charge in [-0.15, -0.1) is 0 Å². The Labute approximate surface area is 122 Å². The van der Waals surface area contributed by atoms with Crippen LogP contribution < -0.4 is 5.32 Å². The lowest BCUT2D eigenvalue weighted by atomic mass is 9.72. The number of carbonyl (C=O) groups is 2. The van der Waals surface area contributed by atoms with Crippen molar-refractivity contribution >= 4 is 11.9 Å². The molecule has 2 unspecified atom stereocenters. The molecule has 1 fully saturated rings. The highest BCUT2D eigenvalue weighted by Crippen LogP contribution is 2.36. The average molecular weight is 283 g/mol. The summed E-state index contributed by atoms with van der Waals surface area (Å²) < 4.78 is 0. The van der Waals surface area contributed by atoms with Crippen molar-refractivity contribution in [3.8, 4) is 0 Å². The van der Waals surface area contributed by atoms with Gasteiger partial charge in [-0.2, -0.15) is 0 Å². The lowest BCUT2D eigenvalue weighted by Crippen LogP contribution is -2.49. The quantitative estimate of drug-likeness (QED) is 0.814. The average Bonchev–Trinajstić information content (AvgIpc) is 2.31. The summed E-state index contributed by atoms with van der Waals surface area (Å²) in [6.07, 6.45) is 4.49. The molecule has 20 heavy (non-hydrogen) atoms. The maximum Gasteiger partial charge on any atom is 0.310 e. The van der Waals surface area contributed by atoms with Crippen LogP contribution in [0.5, 0.6) is 0 Å². The molecule has 1 aliphatic rings. The first-order valence-corrected chi connectivity index (χ1v) is 7.62. The minimum atomic E-state index is -0.997. The van der Waals surface area contributed by atoms with Gasteiger partial charge in [0, 0.05) is 12.5 Å². The van der Waals surface area contributed by atoms with Crippen LogP contribution in [0.1, 0.15) is 66.7 Å². The summed E-state index contributed by atoms with van der Waals surface area (Å²) in [6.45, 7) is 9.72. The van der Waals surface area contributed by atoms with Gasteiger partial charge in [-0.1, -0.05) is 40.5 Å². The molecule has 1 aliphatic carbocycles. The maximum atomic E-state index is 12.2. The third kappa shape index (κ3) is 3.74. The summed E-state index contributed by atoms with van der Waals surface area (Å²) in [5.74, 6) is -1.11. The zero-order chi connectivity index (χ0) is 15.6. The van der Waals surface area contributed by atoms with E-state index in [0.717, 1.165) is 19.3 Å². The summed E-state index contributed by atoms with van der Waals surface area (Å²) in [4.78, 5) is 23.7. The van der Waals surface area contributed by atoms with Crippen molar-refractivity contribution in [2.45, 2.75) is 72.8 Å². The molecule has 0 aromatic heterocycles. The van der Waals surface area contributed by atoms with Crippen LogP contribution in [0, 0.1) is 16.7 Å². The van der Waals surface area contributed by atoms with Crippen molar-refractivity contribution < 1.29 is 14.7 Å². The Bertz CT molecular complexity index is 376. The summed E-state index contributed by atoms with van der Waals surface area (Å²) in [6, 6.07) is 0.161. The Morgan fingerprint density at radius 1 is 1.35 bits per heavy atom. The van der Waals surface area contributed by atoms with Crippen molar-refractivity contribution in [2.75, 3.05) is 0 Å². The molecule has 116 valence electrons. The van der Waals surface area contributed by atoms with E-state index >= 15 is 0 Å². The zero-order valence-electron chi connectivity index (χ0n) is 13.5. The van der Waals surface area contributed by atoms with Gasteiger partial charge >= 0.3 is 5.97 Å². The predicted molar refractivity (Wildman–Crippen MR) is 79.4 cm³/mol. The molecule has 0 radical (unpaired) electrons. The zero-order valence-corrected chi connectivity index (χ0v) is 13.5. The van der Waals surface area contributed by atoms with E-state index < -0.39 is 11.4 Å². The first-order valence-electron chi connectivity index (χ1n) is 7.62. The molecule has 0 aliphatic heterocycles. The molecule has 1 saturated carbocycles. The van der Waals surface area contributed by atoms with Gasteiger partial charge in [0.1, 0.15) is 0 Å². The van der Waals surface area contributed by atoms with Crippen LogP contribution in [0.15, 0.2) is 0 Å². The topological polar surface area (TPSA) is 66.4 Å². The number of hydrogen-bond donors (Lipinski definition) is 2. The second-order valence-corrected chi connectivity index (χ2v) is 7.41. The number of nitrogens with one attached hydrogen (secondary N) is 1. The summed E-state index contributed by atoms with van der Waals surface area (Å²) >= 11 is 0. The van der Waals surface area contributed by atoms with Crippen molar-refractivity contribution in [1.82, 2.24) is 5.32 Å². The second kappa shape index (κ2) is 6.15. The van der Waals surface area contributed by atoms with Gasteiger partial charge in [-0.05, 0) is 31.1 Å². The molecule has 0 aromatic rings. The van der Waals surface area contributed by atoms with E-state index in [1.54, 1.807) is 6.92 Å². The fourth-order valence-corrected chi connectivity index (χ4v) is 2.87. The van der Waals surface area contributed by atoms with E-state index in [2.05, 4.69) is 19.2 Å². The number of carboxylic acid groups (broad SMARTS) is 1. The van der Waals surface area contributed by atoms with Gasteiger partial charge in [-0.3, -0.25) is 9.59 Å². The summed E-state index contributed by atoms with van der Waals surface area (Å²) in [5, 5.41) is 12.5. The minimum absolute atomic E-state index is 0.0482. The Kier molecular flexibility index (Phi) is 5.22. The van der Waals surface area contributed by atoms with Crippen molar-refractivity contribution in [2.24, 2.45) is 16.7 Å². The highest BCUT2D eigenvalue weighted by molar-refractivity contribution is 5.85. The highest BCUT2D eigenvalue weighted by atomic mass is 16.4. The van der Waals surface area contributed by atoms with Crippen LogP contribution >= 0.6 is 0 Å². The molecule has 0 bridgehead atoms. The fraction of sp³-hybridized carbons (Fsp3) is 0.875. The maximum absolute atomic E-state index is 12.2. The first-order chi connectivity index (χ1) is 9.09. The lowest BCUT2D eigenvalue weighted by Gasteiger charge is -2.39. The van der Waals surface area contributed by atoms with Gasteiger partial charge < -0.3 is 10.4 Å². The van der Waals surface area contributed by atoms with Crippen molar-refractivity contribution in [3.05, 3.63) is 0 Å². The molecule has 4 heteroatoms. The van der Waals surface area contributed by atoms with Crippen LogP contribution in [-0.2, 0) is 9.59 Å².